The number of hydrogen-bond acceptors (Lipinski definition) is 3. The fourth-order valence-corrected chi connectivity index (χ4v) is 2.77. The fraction of sp³-hybridized carbons (Fsp3) is 0.579. The summed E-state index contributed by atoms with van der Waals surface area (Å²) in [6.45, 7) is 7.27. The van der Waals surface area contributed by atoms with Gasteiger partial charge in [0.15, 0.2) is 5.96 Å². The lowest BCUT2D eigenvalue weighted by Gasteiger charge is -2.31. The van der Waals surface area contributed by atoms with Crippen molar-refractivity contribution in [2.45, 2.75) is 32.2 Å². The third-order valence-electron chi connectivity index (χ3n) is 4.52. The Balaban J connectivity index is 0.00000338. The summed E-state index contributed by atoms with van der Waals surface area (Å²) in [6.07, 6.45) is 1.01. The minimum atomic E-state index is -0.241. The smallest absolute Gasteiger partial charge is 0.232 e. The highest BCUT2D eigenvalue weighted by molar-refractivity contribution is 14.0. The first-order chi connectivity index (χ1) is 12.2. The zero-order chi connectivity index (χ0) is 18.1. The molecule has 1 saturated heterocycles. The van der Waals surface area contributed by atoms with E-state index in [2.05, 4.69) is 29.5 Å². The Hall–Kier alpha value is -1.35. The van der Waals surface area contributed by atoms with Crippen LogP contribution >= 0.6 is 24.0 Å². The average molecular weight is 474 g/mol. The van der Waals surface area contributed by atoms with Gasteiger partial charge in [0, 0.05) is 32.7 Å². The molecule has 1 amide bonds. The third-order valence-corrected chi connectivity index (χ3v) is 4.52. The number of amides is 1. The molecular weight excluding hydrogens is 443 g/mol. The molecule has 1 fully saturated rings. The number of rotatable bonds is 6. The normalized spacial score (nSPS) is 17.0. The molecule has 0 bridgehead atoms. The van der Waals surface area contributed by atoms with E-state index in [4.69, 9.17) is 4.74 Å². The van der Waals surface area contributed by atoms with Crippen molar-refractivity contribution >= 4 is 35.8 Å². The van der Waals surface area contributed by atoms with E-state index in [1.807, 2.05) is 35.2 Å². The molecule has 26 heavy (non-hydrogen) atoms. The first-order valence-corrected chi connectivity index (χ1v) is 9.04. The number of carbonyl (C=O) groups excluding carboxylic acids is 1. The maximum Gasteiger partial charge on any atom is 0.232 e. The highest BCUT2D eigenvalue weighted by Crippen LogP contribution is 2.18. The number of hydrogen-bond donors (Lipinski definition) is 2. The monoisotopic (exact) mass is 474 g/mol. The van der Waals surface area contributed by atoms with Crippen LogP contribution in [0.5, 0.6) is 0 Å². The highest BCUT2D eigenvalue weighted by Gasteiger charge is 2.27. The van der Waals surface area contributed by atoms with Crippen molar-refractivity contribution in [3.05, 3.63) is 35.9 Å². The van der Waals surface area contributed by atoms with Gasteiger partial charge in [-0.3, -0.25) is 9.79 Å². The summed E-state index contributed by atoms with van der Waals surface area (Å²) in [4.78, 5) is 19.2. The maximum absolute atomic E-state index is 13.0. The van der Waals surface area contributed by atoms with E-state index in [0.29, 0.717) is 38.9 Å². The molecule has 2 atom stereocenters. The van der Waals surface area contributed by atoms with Crippen LogP contribution in [0.15, 0.2) is 35.3 Å². The molecule has 0 saturated carbocycles. The molecule has 0 aliphatic carbocycles. The molecule has 1 aromatic rings. The van der Waals surface area contributed by atoms with E-state index in [-0.39, 0.29) is 35.8 Å². The van der Waals surface area contributed by atoms with Crippen LogP contribution in [-0.2, 0) is 9.53 Å². The molecule has 1 aliphatic rings. The number of aliphatic imine (C=N–C) groups is 1. The molecule has 6 nitrogen and oxygen atoms in total. The molecule has 7 heteroatoms. The van der Waals surface area contributed by atoms with Crippen molar-refractivity contribution in [2.75, 3.05) is 39.9 Å². The van der Waals surface area contributed by atoms with Gasteiger partial charge in [-0.25, -0.2) is 0 Å². The van der Waals surface area contributed by atoms with E-state index in [1.54, 1.807) is 7.05 Å². The highest BCUT2D eigenvalue weighted by atomic mass is 127. The van der Waals surface area contributed by atoms with Gasteiger partial charge >= 0.3 is 0 Å². The Kier molecular flexibility index (Phi) is 10.6. The minimum absolute atomic E-state index is 0. The molecule has 2 N–H and O–H groups in total. The number of nitrogens with one attached hydrogen (secondary N) is 2. The summed E-state index contributed by atoms with van der Waals surface area (Å²) in [5.41, 5.74) is 1.02. The summed E-state index contributed by atoms with van der Waals surface area (Å²) in [5, 5.41) is 6.65. The van der Waals surface area contributed by atoms with Gasteiger partial charge in [0.2, 0.25) is 5.91 Å². The predicted molar refractivity (Wildman–Crippen MR) is 116 cm³/mol. The van der Waals surface area contributed by atoms with Gasteiger partial charge in [0.25, 0.3) is 0 Å². The van der Waals surface area contributed by atoms with Gasteiger partial charge < -0.3 is 20.3 Å². The molecule has 0 radical (unpaired) electrons. The van der Waals surface area contributed by atoms with Crippen molar-refractivity contribution in [2.24, 2.45) is 4.99 Å². The second-order valence-electron chi connectivity index (χ2n) is 6.31. The number of carbonyl (C=O) groups is 1. The summed E-state index contributed by atoms with van der Waals surface area (Å²) in [5.74, 6) is 0.626. The average Bonchev–Trinajstić information content (AvgIpc) is 2.68. The van der Waals surface area contributed by atoms with Crippen molar-refractivity contribution in [3.8, 4) is 0 Å². The van der Waals surface area contributed by atoms with Gasteiger partial charge in [-0.05, 0) is 18.9 Å². The number of benzene rings is 1. The molecule has 1 aromatic carbocycles. The van der Waals surface area contributed by atoms with Gasteiger partial charge in [-0.1, -0.05) is 37.3 Å². The Bertz CT molecular complexity index is 562. The van der Waals surface area contributed by atoms with E-state index < -0.39 is 0 Å². The summed E-state index contributed by atoms with van der Waals surface area (Å²) < 4.78 is 5.37. The Morgan fingerprint density at radius 2 is 1.92 bits per heavy atom. The van der Waals surface area contributed by atoms with E-state index in [0.717, 1.165) is 17.9 Å². The lowest BCUT2D eigenvalue weighted by atomic mass is 9.97. The number of morpholine rings is 1. The van der Waals surface area contributed by atoms with Crippen LogP contribution in [0.3, 0.4) is 0 Å². The lowest BCUT2D eigenvalue weighted by Crippen LogP contribution is -2.48. The topological polar surface area (TPSA) is 66.0 Å². The fourth-order valence-electron chi connectivity index (χ4n) is 2.77. The van der Waals surface area contributed by atoms with Crippen molar-refractivity contribution in [1.29, 1.82) is 0 Å². The molecule has 1 aliphatic heterocycles. The second-order valence-corrected chi connectivity index (χ2v) is 6.31. The summed E-state index contributed by atoms with van der Waals surface area (Å²) in [7, 11) is 1.75. The molecule has 0 spiro atoms. The molecule has 1 heterocycles. The first kappa shape index (κ1) is 22.7. The lowest BCUT2D eigenvalue weighted by molar-refractivity contribution is -0.136. The number of nitrogens with zero attached hydrogens (tertiary/aromatic N) is 2. The van der Waals surface area contributed by atoms with Crippen LogP contribution in [0.4, 0.5) is 0 Å². The van der Waals surface area contributed by atoms with Gasteiger partial charge in [0.1, 0.15) is 0 Å². The third kappa shape index (κ3) is 6.75. The van der Waals surface area contributed by atoms with Crippen LogP contribution in [-0.4, -0.2) is 62.7 Å². The van der Waals surface area contributed by atoms with Crippen LogP contribution in [0.1, 0.15) is 31.7 Å². The molecule has 0 aromatic heterocycles. The number of ether oxygens (including phenoxy) is 1. The maximum atomic E-state index is 13.0. The standard InChI is InChI=1S/C19H30N4O2.HI/c1-4-15(2)22-19(20-3)21-14-17(16-8-6-5-7-9-16)18(24)23-10-12-25-13-11-23;/h5-9,15,17H,4,10-14H2,1-3H3,(H2,20,21,22);1H. The minimum Gasteiger partial charge on any atom is -0.378 e. The first-order valence-electron chi connectivity index (χ1n) is 9.04. The SMILES string of the molecule is CCC(C)NC(=NC)NCC(C(=O)N1CCOCC1)c1ccccc1.I. The summed E-state index contributed by atoms with van der Waals surface area (Å²) in [6, 6.07) is 10.3. The Labute approximate surface area is 173 Å². The molecule has 2 rings (SSSR count). The van der Waals surface area contributed by atoms with Crippen molar-refractivity contribution in [3.63, 3.8) is 0 Å². The predicted octanol–water partition coefficient (Wildman–Crippen LogP) is 2.21. The van der Waals surface area contributed by atoms with E-state index in [9.17, 15) is 4.79 Å². The van der Waals surface area contributed by atoms with Crippen molar-refractivity contribution < 1.29 is 9.53 Å². The zero-order valence-electron chi connectivity index (χ0n) is 15.9. The largest absolute Gasteiger partial charge is 0.378 e. The van der Waals surface area contributed by atoms with Crippen molar-refractivity contribution in [1.82, 2.24) is 15.5 Å². The van der Waals surface area contributed by atoms with E-state index >= 15 is 0 Å². The molecule has 2 unspecified atom stereocenters. The summed E-state index contributed by atoms with van der Waals surface area (Å²) >= 11 is 0. The Morgan fingerprint density at radius 1 is 1.27 bits per heavy atom. The quantitative estimate of drug-likeness (QED) is 0.377. The van der Waals surface area contributed by atoms with E-state index in [1.165, 1.54) is 0 Å². The van der Waals surface area contributed by atoms with Crippen LogP contribution < -0.4 is 10.6 Å². The number of halogens is 1. The zero-order valence-corrected chi connectivity index (χ0v) is 18.2. The molecular formula is C19H31IN4O2. The Morgan fingerprint density at radius 3 is 2.50 bits per heavy atom. The van der Waals surface area contributed by atoms with Gasteiger partial charge in [-0.15, -0.1) is 24.0 Å². The van der Waals surface area contributed by atoms with Gasteiger partial charge in [0.05, 0.1) is 19.1 Å². The molecule has 146 valence electrons. The van der Waals surface area contributed by atoms with Crippen LogP contribution in [0.2, 0.25) is 0 Å². The van der Waals surface area contributed by atoms with Crippen LogP contribution in [0, 0.1) is 0 Å². The second kappa shape index (κ2) is 12.1. The van der Waals surface area contributed by atoms with Gasteiger partial charge in [-0.2, -0.15) is 0 Å². The number of guanidine groups is 1. The van der Waals surface area contributed by atoms with Crippen LogP contribution in [0.25, 0.3) is 0 Å².